The van der Waals surface area contributed by atoms with Crippen molar-refractivity contribution in [3.05, 3.63) is 39.4 Å². The number of H-pyrrole nitrogens is 1. The zero-order chi connectivity index (χ0) is 16.7. The minimum atomic E-state index is -0.162. The monoisotopic (exact) mass is 345 g/mol. The highest BCUT2D eigenvalue weighted by atomic mass is 32.1. The zero-order valence-electron chi connectivity index (χ0n) is 13.2. The zero-order valence-corrected chi connectivity index (χ0v) is 14.0. The Morgan fingerprint density at radius 3 is 2.96 bits per heavy atom. The molecule has 3 atom stereocenters. The molecule has 126 valence electrons. The number of nitrogens with zero attached hydrogens (tertiary/aromatic N) is 1. The predicted octanol–water partition coefficient (Wildman–Crippen LogP) is 1.89. The van der Waals surface area contributed by atoms with E-state index in [9.17, 15) is 9.59 Å². The van der Waals surface area contributed by atoms with Crippen molar-refractivity contribution in [2.24, 2.45) is 0 Å². The number of aromatic amines is 1. The molecule has 2 aliphatic heterocycles. The van der Waals surface area contributed by atoms with Crippen LogP contribution in [0.4, 0.5) is 0 Å². The van der Waals surface area contributed by atoms with Crippen LogP contribution >= 0.6 is 12.2 Å². The van der Waals surface area contributed by atoms with Gasteiger partial charge in [-0.2, -0.15) is 0 Å². The maximum Gasteiger partial charge on any atom is 0.262 e. The van der Waals surface area contributed by atoms with Crippen LogP contribution in [-0.4, -0.2) is 33.7 Å². The van der Waals surface area contributed by atoms with Crippen molar-refractivity contribution in [3.8, 4) is 0 Å². The summed E-state index contributed by atoms with van der Waals surface area (Å²) in [7, 11) is 0. The fraction of sp³-hybridized carbons (Fsp3) is 0.471. The summed E-state index contributed by atoms with van der Waals surface area (Å²) in [5, 5.41) is 3.61. The number of rotatable bonds is 4. The molecule has 0 spiro atoms. The second-order valence-corrected chi connectivity index (χ2v) is 6.85. The van der Waals surface area contributed by atoms with Crippen LogP contribution in [0, 0.1) is 4.77 Å². The van der Waals surface area contributed by atoms with E-state index in [1.165, 1.54) is 4.57 Å². The van der Waals surface area contributed by atoms with Crippen molar-refractivity contribution in [2.75, 3.05) is 0 Å². The molecule has 0 unspecified atom stereocenters. The van der Waals surface area contributed by atoms with Gasteiger partial charge in [0.1, 0.15) is 0 Å². The molecule has 2 bridgehead atoms. The van der Waals surface area contributed by atoms with Gasteiger partial charge in [0.15, 0.2) is 4.77 Å². The summed E-state index contributed by atoms with van der Waals surface area (Å²) in [6.07, 6.45) is 3.70. The molecule has 24 heavy (non-hydrogen) atoms. The Bertz CT molecular complexity index is 904. The van der Waals surface area contributed by atoms with Gasteiger partial charge < -0.3 is 15.0 Å². The fourth-order valence-corrected chi connectivity index (χ4v) is 3.97. The van der Waals surface area contributed by atoms with Crippen molar-refractivity contribution in [1.29, 1.82) is 0 Å². The molecule has 6 nitrogen and oxygen atoms in total. The molecule has 4 rings (SSSR count). The Hall–Kier alpha value is -1.99. The summed E-state index contributed by atoms with van der Waals surface area (Å²) < 4.78 is 7.54. The second-order valence-electron chi connectivity index (χ2n) is 6.47. The summed E-state index contributed by atoms with van der Waals surface area (Å²) in [6.45, 7) is 0.270. The SMILES string of the molecule is O=C(CCn1c(=S)[nH]c2ccccc2c1=O)N[C@H]1C[C@H]2CC[C@H]1O2. The van der Waals surface area contributed by atoms with Crippen LogP contribution in [0.25, 0.3) is 10.9 Å². The van der Waals surface area contributed by atoms with Gasteiger partial charge in [0, 0.05) is 13.0 Å². The Kier molecular flexibility index (Phi) is 3.97. The Morgan fingerprint density at radius 2 is 2.21 bits per heavy atom. The molecule has 2 fully saturated rings. The average Bonchev–Trinajstić information content (AvgIpc) is 3.17. The number of amides is 1. The van der Waals surface area contributed by atoms with Crippen molar-refractivity contribution in [2.45, 2.75) is 50.5 Å². The Labute approximate surface area is 143 Å². The van der Waals surface area contributed by atoms with E-state index >= 15 is 0 Å². The molecule has 0 aliphatic carbocycles. The van der Waals surface area contributed by atoms with Crippen molar-refractivity contribution in [3.63, 3.8) is 0 Å². The number of para-hydroxylation sites is 1. The molecule has 1 aromatic heterocycles. The summed E-state index contributed by atoms with van der Waals surface area (Å²) in [5.74, 6) is -0.0643. The minimum Gasteiger partial charge on any atom is -0.373 e. The highest BCUT2D eigenvalue weighted by Crippen LogP contribution is 2.34. The number of carbonyl (C=O) groups is 1. The number of hydrogen-bond donors (Lipinski definition) is 2. The van der Waals surface area contributed by atoms with Crippen LogP contribution in [-0.2, 0) is 16.1 Å². The van der Waals surface area contributed by atoms with E-state index in [1.54, 1.807) is 6.07 Å². The summed E-state index contributed by atoms with van der Waals surface area (Å²) in [6, 6.07) is 7.35. The molecule has 0 radical (unpaired) electrons. The van der Waals surface area contributed by atoms with E-state index in [0.717, 1.165) is 19.3 Å². The number of benzene rings is 1. The summed E-state index contributed by atoms with van der Waals surface area (Å²) >= 11 is 5.26. The number of nitrogens with one attached hydrogen (secondary N) is 2. The van der Waals surface area contributed by atoms with Gasteiger partial charge in [0.25, 0.3) is 5.56 Å². The molecule has 7 heteroatoms. The molecule has 1 amide bonds. The minimum absolute atomic E-state index is 0.0643. The van der Waals surface area contributed by atoms with Gasteiger partial charge in [0.2, 0.25) is 5.91 Å². The number of fused-ring (bicyclic) bond motifs is 3. The lowest BCUT2D eigenvalue weighted by molar-refractivity contribution is -0.122. The van der Waals surface area contributed by atoms with Crippen molar-refractivity contribution < 1.29 is 9.53 Å². The Morgan fingerprint density at radius 1 is 1.38 bits per heavy atom. The second kappa shape index (κ2) is 6.14. The van der Waals surface area contributed by atoms with E-state index < -0.39 is 0 Å². The molecule has 2 saturated heterocycles. The van der Waals surface area contributed by atoms with Crippen LogP contribution in [0.15, 0.2) is 29.1 Å². The molecule has 2 aliphatic rings. The van der Waals surface area contributed by atoms with Gasteiger partial charge in [-0.3, -0.25) is 14.2 Å². The van der Waals surface area contributed by atoms with E-state index in [4.69, 9.17) is 17.0 Å². The van der Waals surface area contributed by atoms with Crippen LogP contribution in [0.2, 0.25) is 0 Å². The first-order chi connectivity index (χ1) is 11.6. The molecule has 1 aromatic carbocycles. The number of aromatic nitrogens is 2. The Balaban J connectivity index is 1.46. The first kappa shape index (κ1) is 15.5. The lowest BCUT2D eigenvalue weighted by atomic mass is 9.95. The summed E-state index contributed by atoms with van der Waals surface area (Å²) in [5.41, 5.74) is 0.553. The van der Waals surface area contributed by atoms with Gasteiger partial charge >= 0.3 is 0 Å². The quantitative estimate of drug-likeness (QED) is 0.830. The average molecular weight is 345 g/mol. The number of carbonyl (C=O) groups excluding carboxylic acids is 1. The number of ether oxygens (including phenoxy) is 1. The third-order valence-corrected chi connectivity index (χ3v) is 5.23. The molecule has 2 aromatic rings. The third kappa shape index (κ3) is 2.78. The van der Waals surface area contributed by atoms with Gasteiger partial charge in [-0.15, -0.1) is 0 Å². The van der Waals surface area contributed by atoms with E-state index in [2.05, 4.69) is 10.3 Å². The van der Waals surface area contributed by atoms with Gasteiger partial charge in [-0.1, -0.05) is 12.1 Å². The lowest BCUT2D eigenvalue weighted by Gasteiger charge is -2.20. The topological polar surface area (TPSA) is 76.1 Å². The van der Waals surface area contributed by atoms with Gasteiger partial charge in [0.05, 0.1) is 29.2 Å². The fourth-order valence-electron chi connectivity index (χ4n) is 3.68. The van der Waals surface area contributed by atoms with E-state index in [1.807, 2.05) is 18.2 Å². The highest BCUT2D eigenvalue weighted by Gasteiger charge is 2.41. The first-order valence-corrected chi connectivity index (χ1v) is 8.69. The smallest absolute Gasteiger partial charge is 0.262 e. The molecule has 2 N–H and O–H groups in total. The number of hydrogen-bond acceptors (Lipinski definition) is 4. The van der Waals surface area contributed by atoms with Gasteiger partial charge in [-0.05, 0) is 43.6 Å². The van der Waals surface area contributed by atoms with E-state index in [-0.39, 0.29) is 36.6 Å². The van der Waals surface area contributed by atoms with Crippen molar-refractivity contribution in [1.82, 2.24) is 14.9 Å². The van der Waals surface area contributed by atoms with Crippen molar-refractivity contribution >= 4 is 29.0 Å². The lowest BCUT2D eigenvalue weighted by Crippen LogP contribution is -2.41. The molecular weight excluding hydrogens is 326 g/mol. The first-order valence-electron chi connectivity index (χ1n) is 8.28. The van der Waals surface area contributed by atoms with Crippen LogP contribution in [0.1, 0.15) is 25.7 Å². The molecule has 0 saturated carbocycles. The van der Waals surface area contributed by atoms with Crippen LogP contribution in [0.5, 0.6) is 0 Å². The maximum absolute atomic E-state index is 12.5. The van der Waals surface area contributed by atoms with Crippen LogP contribution in [0.3, 0.4) is 0 Å². The summed E-state index contributed by atoms with van der Waals surface area (Å²) in [4.78, 5) is 27.8. The maximum atomic E-state index is 12.5. The van der Waals surface area contributed by atoms with Gasteiger partial charge in [-0.25, -0.2) is 0 Å². The largest absolute Gasteiger partial charge is 0.373 e. The molecule has 3 heterocycles. The molecular formula is C17H19N3O3S. The predicted molar refractivity (Wildman–Crippen MR) is 92.5 cm³/mol. The third-order valence-electron chi connectivity index (χ3n) is 4.90. The normalized spacial score (nSPS) is 25.2. The standard InChI is InChI=1S/C17H19N3O3S/c21-15(18-13-9-10-5-6-14(13)23-10)7-8-20-16(22)11-3-1-2-4-12(11)19-17(20)24/h1-4,10,13-14H,5-9H2,(H,18,21)(H,19,24)/t10-,13+,14-/m1/s1. The van der Waals surface area contributed by atoms with E-state index in [0.29, 0.717) is 21.8 Å². The van der Waals surface area contributed by atoms with Crippen LogP contribution < -0.4 is 10.9 Å². The highest BCUT2D eigenvalue weighted by molar-refractivity contribution is 7.71.